The number of benzene rings is 1. The minimum atomic E-state index is -5.08. The summed E-state index contributed by atoms with van der Waals surface area (Å²) in [6.45, 7) is 0.980. The average molecular weight is 460 g/mol. The lowest BCUT2D eigenvalue weighted by Crippen LogP contribution is -2.48. The lowest BCUT2D eigenvalue weighted by molar-refractivity contribution is -0.192. The molecule has 1 aromatic heterocycles. The molecule has 0 unspecified atom stereocenters. The summed E-state index contributed by atoms with van der Waals surface area (Å²) >= 11 is 0. The van der Waals surface area contributed by atoms with Crippen LogP contribution in [0.2, 0.25) is 0 Å². The third-order valence-electron chi connectivity index (χ3n) is 4.60. The number of sulfonamides is 1. The van der Waals surface area contributed by atoms with Gasteiger partial charge in [-0.05, 0) is 30.5 Å². The summed E-state index contributed by atoms with van der Waals surface area (Å²) in [5.41, 5.74) is 1.19. The molecule has 2 atom stereocenters. The minimum Gasteiger partial charge on any atom is -0.488 e. The molecule has 0 bridgehead atoms. The summed E-state index contributed by atoms with van der Waals surface area (Å²) in [6, 6.07) is 13.9. The van der Waals surface area contributed by atoms with Crippen molar-refractivity contribution in [3.63, 3.8) is 0 Å². The Kier molecular flexibility index (Phi) is 8.40. The van der Waals surface area contributed by atoms with Crippen LogP contribution in [0.3, 0.4) is 0 Å². The van der Waals surface area contributed by atoms with E-state index >= 15 is 0 Å². The molecule has 11 heteroatoms. The van der Waals surface area contributed by atoms with E-state index in [1.165, 1.54) is 11.8 Å². The van der Waals surface area contributed by atoms with Crippen LogP contribution in [0.1, 0.15) is 12.0 Å². The van der Waals surface area contributed by atoms with Crippen LogP contribution in [0.4, 0.5) is 13.2 Å². The normalized spacial score (nSPS) is 19.7. The zero-order chi connectivity index (χ0) is 23.1. The van der Waals surface area contributed by atoms with E-state index < -0.39 is 22.2 Å². The Balaban J connectivity index is 0.000000423. The van der Waals surface area contributed by atoms with E-state index in [2.05, 4.69) is 17.1 Å². The van der Waals surface area contributed by atoms with Crippen LogP contribution in [0, 0.1) is 5.92 Å². The molecule has 3 rings (SSSR count). The fourth-order valence-electron chi connectivity index (χ4n) is 3.14. The number of carbonyl (C=O) groups is 1. The lowest BCUT2D eigenvalue weighted by atomic mass is 9.89. The molecule has 0 amide bonds. The summed E-state index contributed by atoms with van der Waals surface area (Å²) in [5, 5.41) is 7.12. The van der Waals surface area contributed by atoms with Crippen LogP contribution in [-0.4, -0.2) is 60.4 Å². The molecule has 0 saturated carbocycles. The van der Waals surface area contributed by atoms with Crippen molar-refractivity contribution in [2.24, 2.45) is 5.92 Å². The monoisotopic (exact) mass is 460 g/mol. The van der Waals surface area contributed by atoms with Crippen molar-refractivity contribution in [3.8, 4) is 5.75 Å². The average Bonchev–Trinajstić information content (AvgIpc) is 2.70. The fraction of sp³-hybridized carbons (Fsp3) is 0.400. The Labute approximate surface area is 178 Å². The zero-order valence-electron chi connectivity index (χ0n) is 16.7. The van der Waals surface area contributed by atoms with Crippen molar-refractivity contribution in [1.82, 2.24) is 9.29 Å². The van der Waals surface area contributed by atoms with E-state index in [9.17, 15) is 21.6 Å². The Morgan fingerprint density at radius 2 is 1.87 bits per heavy atom. The van der Waals surface area contributed by atoms with Crippen molar-refractivity contribution in [3.05, 3.63) is 60.4 Å². The predicted octanol–water partition coefficient (Wildman–Crippen LogP) is 2.99. The fourth-order valence-corrected chi connectivity index (χ4v) is 4.04. The summed E-state index contributed by atoms with van der Waals surface area (Å²) in [5.74, 6) is -1.92. The maximum Gasteiger partial charge on any atom is 0.490 e. The molecule has 2 aromatic rings. The summed E-state index contributed by atoms with van der Waals surface area (Å²) in [4.78, 5) is 13.0. The Morgan fingerprint density at radius 3 is 2.39 bits per heavy atom. The highest BCUT2D eigenvalue weighted by molar-refractivity contribution is 7.88. The van der Waals surface area contributed by atoms with Crippen molar-refractivity contribution in [1.29, 1.82) is 0 Å². The van der Waals surface area contributed by atoms with Crippen LogP contribution in [-0.2, 0) is 21.2 Å². The van der Waals surface area contributed by atoms with E-state index in [1.807, 2.05) is 30.3 Å². The SMILES string of the molecule is CS(=O)(=O)N1CC[C@H](Oc2cccnc2)[C@@H](Cc2ccccc2)C1.O=C(O)C(F)(F)F. The van der Waals surface area contributed by atoms with E-state index in [4.69, 9.17) is 14.6 Å². The molecule has 2 heterocycles. The summed E-state index contributed by atoms with van der Waals surface area (Å²) in [7, 11) is -3.18. The molecule has 1 aromatic carbocycles. The minimum absolute atomic E-state index is 0.0209. The third-order valence-corrected chi connectivity index (χ3v) is 5.87. The number of carboxylic acid groups (broad SMARTS) is 1. The number of carboxylic acids is 1. The number of piperidine rings is 1. The number of hydrogen-bond donors (Lipinski definition) is 1. The molecular formula is C20H23F3N2O5S. The van der Waals surface area contributed by atoms with Gasteiger partial charge < -0.3 is 9.84 Å². The van der Waals surface area contributed by atoms with Gasteiger partial charge in [0, 0.05) is 25.2 Å². The Bertz CT molecular complexity index is 940. The largest absolute Gasteiger partial charge is 0.490 e. The van der Waals surface area contributed by atoms with Crippen LogP contribution in [0.5, 0.6) is 5.75 Å². The molecule has 0 spiro atoms. The highest BCUT2D eigenvalue weighted by atomic mass is 32.2. The molecule has 0 aliphatic carbocycles. The first kappa shape index (κ1) is 24.6. The number of aromatic nitrogens is 1. The number of nitrogens with zero attached hydrogens (tertiary/aromatic N) is 2. The highest BCUT2D eigenvalue weighted by Gasteiger charge is 2.38. The quantitative estimate of drug-likeness (QED) is 0.737. The molecule has 1 N–H and O–H groups in total. The van der Waals surface area contributed by atoms with Crippen molar-refractivity contribution >= 4 is 16.0 Å². The second-order valence-corrected chi connectivity index (χ2v) is 8.99. The number of halogens is 3. The standard InChI is InChI=1S/C18H22N2O3S.C2HF3O2/c1-24(21,22)20-11-9-18(23-17-8-5-10-19-13-17)16(14-20)12-15-6-3-2-4-7-15;3-2(4,5)1(6)7/h2-8,10,13,16,18H,9,11-12,14H2,1H3;(H,6,7)/t16-,18-;/m0./s1. The topological polar surface area (TPSA) is 96.8 Å². The molecule has 1 fully saturated rings. The van der Waals surface area contributed by atoms with Gasteiger partial charge in [-0.15, -0.1) is 0 Å². The first-order valence-electron chi connectivity index (χ1n) is 9.32. The van der Waals surface area contributed by atoms with Crippen LogP contribution >= 0.6 is 0 Å². The summed E-state index contributed by atoms with van der Waals surface area (Å²) < 4.78 is 63.3. The zero-order valence-corrected chi connectivity index (χ0v) is 17.5. The number of ether oxygens (including phenoxy) is 1. The van der Waals surface area contributed by atoms with E-state index in [-0.39, 0.29) is 12.0 Å². The van der Waals surface area contributed by atoms with Gasteiger partial charge in [-0.25, -0.2) is 17.5 Å². The lowest BCUT2D eigenvalue weighted by Gasteiger charge is -2.37. The second-order valence-electron chi connectivity index (χ2n) is 7.01. The van der Waals surface area contributed by atoms with Gasteiger partial charge in [0.1, 0.15) is 11.9 Å². The van der Waals surface area contributed by atoms with Crippen molar-refractivity contribution in [2.75, 3.05) is 19.3 Å². The molecule has 0 radical (unpaired) electrons. The van der Waals surface area contributed by atoms with Gasteiger partial charge in [-0.3, -0.25) is 4.98 Å². The van der Waals surface area contributed by atoms with Gasteiger partial charge in [0.15, 0.2) is 0 Å². The number of pyridine rings is 1. The third kappa shape index (κ3) is 8.18. The maximum atomic E-state index is 11.9. The number of aliphatic carboxylic acids is 1. The van der Waals surface area contributed by atoms with Crippen LogP contribution < -0.4 is 4.74 Å². The van der Waals surface area contributed by atoms with Gasteiger partial charge in [0.25, 0.3) is 0 Å². The Morgan fingerprint density at radius 1 is 1.23 bits per heavy atom. The molecule has 170 valence electrons. The van der Waals surface area contributed by atoms with Gasteiger partial charge in [-0.2, -0.15) is 13.2 Å². The molecule has 1 saturated heterocycles. The molecular weight excluding hydrogens is 437 g/mol. The van der Waals surface area contributed by atoms with E-state index in [0.29, 0.717) is 19.5 Å². The predicted molar refractivity (Wildman–Crippen MR) is 107 cm³/mol. The van der Waals surface area contributed by atoms with Gasteiger partial charge in [0.05, 0.1) is 12.5 Å². The van der Waals surface area contributed by atoms with Crippen molar-refractivity contribution in [2.45, 2.75) is 25.1 Å². The van der Waals surface area contributed by atoms with Crippen LogP contribution in [0.15, 0.2) is 54.9 Å². The molecule has 1 aliphatic heterocycles. The van der Waals surface area contributed by atoms with E-state index in [0.717, 1.165) is 12.2 Å². The highest BCUT2D eigenvalue weighted by Crippen LogP contribution is 2.27. The first-order chi connectivity index (χ1) is 14.5. The number of alkyl halides is 3. The smallest absolute Gasteiger partial charge is 0.488 e. The first-order valence-corrected chi connectivity index (χ1v) is 11.2. The number of rotatable bonds is 5. The second kappa shape index (κ2) is 10.6. The maximum absolute atomic E-state index is 11.9. The van der Waals surface area contributed by atoms with Gasteiger partial charge in [-0.1, -0.05) is 30.3 Å². The summed E-state index contributed by atoms with van der Waals surface area (Å²) in [6.07, 6.45) is 1.04. The molecule has 1 aliphatic rings. The van der Waals surface area contributed by atoms with Gasteiger partial charge >= 0.3 is 12.1 Å². The van der Waals surface area contributed by atoms with E-state index in [1.54, 1.807) is 16.7 Å². The van der Waals surface area contributed by atoms with Gasteiger partial charge in [0.2, 0.25) is 10.0 Å². The van der Waals surface area contributed by atoms with Crippen LogP contribution in [0.25, 0.3) is 0 Å². The van der Waals surface area contributed by atoms with Crippen molar-refractivity contribution < 1.29 is 36.2 Å². The molecule has 7 nitrogen and oxygen atoms in total. The molecule has 31 heavy (non-hydrogen) atoms. The Hall–Kier alpha value is -2.66. The number of hydrogen-bond acceptors (Lipinski definition) is 5.